The first-order valence-corrected chi connectivity index (χ1v) is 10.5. The number of sulfonamides is 1. The Kier molecular flexibility index (Phi) is 6.78. The van der Waals surface area contributed by atoms with Crippen LogP contribution in [0.4, 0.5) is 0 Å². The molecule has 5 nitrogen and oxygen atoms in total. The van der Waals surface area contributed by atoms with E-state index in [-0.39, 0.29) is 35.2 Å². The molecule has 0 saturated heterocycles. The SMILES string of the molecule is C[C@H](NC(=O)CCNS(=O)(=O)c1ccc(C(C)(C)C)cc1)c1ccccc1. The van der Waals surface area contributed by atoms with Gasteiger partial charge in [-0.2, -0.15) is 0 Å². The predicted molar refractivity (Wildman–Crippen MR) is 108 cm³/mol. The molecule has 0 fully saturated rings. The number of carbonyl (C=O) groups is 1. The maximum atomic E-state index is 12.4. The van der Waals surface area contributed by atoms with Crippen molar-refractivity contribution < 1.29 is 13.2 Å². The highest BCUT2D eigenvalue weighted by molar-refractivity contribution is 7.89. The molecule has 0 heterocycles. The first kappa shape index (κ1) is 21.1. The van der Waals surface area contributed by atoms with E-state index in [0.717, 1.165) is 11.1 Å². The fraction of sp³-hybridized carbons (Fsp3) is 0.381. The second-order valence-electron chi connectivity index (χ2n) is 7.62. The van der Waals surface area contributed by atoms with E-state index in [0.29, 0.717) is 0 Å². The minimum atomic E-state index is -3.63. The molecule has 0 aliphatic carbocycles. The lowest BCUT2D eigenvalue weighted by molar-refractivity contribution is -0.121. The predicted octanol–water partition coefficient (Wildman–Crippen LogP) is 3.53. The summed E-state index contributed by atoms with van der Waals surface area (Å²) in [5.41, 5.74) is 2.03. The highest BCUT2D eigenvalue weighted by Crippen LogP contribution is 2.23. The van der Waals surface area contributed by atoms with Crippen LogP contribution in [0, 0.1) is 0 Å². The summed E-state index contributed by atoms with van der Waals surface area (Å²) in [5.74, 6) is -0.197. The van der Waals surface area contributed by atoms with Crippen molar-refractivity contribution in [2.24, 2.45) is 0 Å². The molecule has 0 aliphatic rings. The van der Waals surface area contributed by atoms with Gasteiger partial charge in [0.05, 0.1) is 10.9 Å². The summed E-state index contributed by atoms with van der Waals surface area (Å²) in [6.45, 7) is 8.17. The van der Waals surface area contributed by atoms with Crippen LogP contribution in [-0.4, -0.2) is 20.9 Å². The molecular weight excluding hydrogens is 360 g/mol. The Morgan fingerprint density at radius 1 is 1.00 bits per heavy atom. The van der Waals surface area contributed by atoms with Gasteiger partial charge < -0.3 is 5.32 Å². The van der Waals surface area contributed by atoms with Crippen molar-refractivity contribution >= 4 is 15.9 Å². The third-order valence-electron chi connectivity index (χ3n) is 4.35. The second-order valence-corrected chi connectivity index (χ2v) is 9.39. The molecule has 0 spiro atoms. The van der Waals surface area contributed by atoms with Gasteiger partial charge in [0.2, 0.25) is 15.9 Å². The molecule has 0 radical (unpaired) electrons. The van der Waals surface area contributed by atoms with Crippen molar-refractivity contribution in [3.05, 3.63) is 65.7 Å². The molecule has 0 unspecified atom stereocenters. The number of rotatable bonds is 7. The monoisotopic (exact) mass is 388 g/mol. The van der Waals surface area contributed by atoms with E-state index in [2.05, 4.69) is 30.8 Å². The van der Waals surface area contributed by atoms with Crippen molar-refractivity contribution in [2.75, 3.05) is 6.54 Å². The molecule has 146 valence electrons. The number of amides is 1. The van der Waals surface area contributed by atoms with Gasteiger partial charge in [-0.25, -0.2) is 13.1 Å². The van der Waals surface area contributed by atoms with Crippen LogP contribution in [0.1, 0.15) is 51.3 Å². The van der Waals surface area contributed by atoms with Gasteiger partial charge in [0.15, 0.2) is 0 Å². The van der Waals surface area contributed by atoms with Gasteiger partial charge >= 0.3 is 0 Å². The van der Waals surface area contributed by atoms with Crippen LogP contribution in [0.25, 0.3) is 0 Å². The van der Waals surface area contributed by atoms with E-state index < -0.39 is 10.0 Å². The minimum Gasteiger partial charge on any atom is -0.350 e. The molecule has 2 aromatic rings. The van der Waals surface area contributed by atoms with Crippen molar-refractivity contribution in [3.63, 3.8) is 0 Å². The van der Waals surface area contributed by atoms with Crippen LogP contribution in [0.2, 0.25) is 0 Å². The van der Waals surface area contributed by atoms with Gasteiger partial charge in [-0.15, -0.1) is 0 Å². The van der Waals surface area contributed by atoms with Crippen LogP contribution in [0.15, 0.2) is 59.5 Å². The van der Waals surface area contributed by atoms with Crippen molar-refractivity contribution in [1.82, 2.24) is 10.0 Å². The van der Waals surface area contributed by atoms with E-state index in [9.17, 15) is 13.2 Å². The Morgan fingerprint density at radius 3 is 2.15 bits per heavy atom. The normalized spacial score (nSPS) is 13.2. The molecule has 6 heteroatoms. The standard InChI is InChI=1S/C21H28N2O3S/c1-16(17-8-6-5-7-9-17)23-20(24)14-15-22-27(25,26)19-12-10-18(11-13-19)21(2,3)4/h5-13,16,22H,14-15H2,1-4H3,(H,23,24)/t16-/m0/s1. The Balaban J connectivity index is 1.87. The molecule has 0 aliphatic heterocycles. The first-order chi connectivity index (χ1) is 12.6. The van der Waals surface area contributed by atoms with E-state index in [1.165, 1.54) is 0 Å². The highest BCUT2D eigenvalue weighted by atomic mass is 32.2. The summed E-state index contributed by atoms with van der Waals surface area (Å²) in [6, 6.07) is 16.3. The van der Waals surface area contributed by atoms with Crippen LogP contribution >= 0.6 is 0 Å². The van der Waals surface area contributed by atoms with E-state index in [4.69, 9.17) is 0 Å². The largest absolute Gasteiger partial charge is 0.350 e. The third-order valence-corrected chi connectivity index (χ3v) is 5.83. The average Bonchev–Trinajstić information content (AvgIpc) is 2.61. The van der Waals surface area contributed by atoms with Gasteiger partial charge in [-0.1, -0.05) is 63.2 Å². The molecule has 2 N–H and O–H groups in total. The zero-order valence-electron chi connectivity index (χ0n) is 16.3. The summed E-state index contributed by atoms with van der Waals surface area (Å²) >= 11 is 0. The average molecular weight is 389 g/mol. The van der Waals surface area contributed by atoms with Crippen molar-refractivity contribution in [2.45, 2.75) is 50.5 Å². The zero-order chi connectivity index (χ0) is 20.1. The number of nitrogens with one attached hydrogen (secondary N) is 2. The highest BCUT2D eigenvalue weighted by Gasteiger charge is 2.18. The Morgan fingerprint density at radius 2 is 1.59 bits per heavy atom. The summed E-state index contributed by atoms with van der Waals surface area (Å²) in [4.78, 5) is 12.3. The smallest absolute Gasteiger partial charge is 0.240 e. The maximum absolute atomic E-state index is 12.4. The summed E-state index contributed by atoms with van der Waals surface area (Å²) in [6.07, 6.45) is 0.0798. The fourth-order valence-electron chi connectivity index (χ4n) is 2.66. The van der Waals surface area contributed by atoms with E-state index in [1.807, 2.05) is 49.4 Å². The first-order valence-electron chi connectivity index (χ1n) is 9.04. The minimum absolute atomic E-state index is 0.0384. The van der Waals surface area contributed by atoms with Crippen LogP contribution in [-0.2, 0) is 20.2 Å². The van der Waals surface area contributed by atoms with Gasteiger partial charge in [0.25, 0.3) is 0 Å². The lowest BCUT2D eigenvalue weighted by atomic mass is 9.87. The molecule has 2 aromatic carbocycles. The maximum Gasteiger partial charge on any atom is 0.240 e. The van der Waals surface area contributed by atoms with Gasteiger partial charge in [-0.05, 0) is 35.6 Å². The molecule has 0 saturated carbocycles. The molecule has 2 rings (SSSR count). The van der Waals surface area contributed by atoms with Crippen LogP contribution in [0.3, 0.4) is 0 Å². The molecule has 1 amide bonds. The van der Waals surface area contributed by atoms with E-state index >= 15 is 0 Å². The zero-order valence-corrected chi connectivity index (χ0v) is 17.1. The Hall–Kier alpha value is -2.18. The number of hydrogen-bond donors (Lipinski definition) is 2. The van der Waals surface area contributed by atoms with Crippen LogP contribution in [0.5, 0.6) is 0 Å². The Bertz CT molecular complexity index is 855. The summed E-state index contributed by atoms with van der Waals surface area (Å²) in [5, 5.41) is 2.87. The quantitative estimate of drug-likeness (QED) is 0.762. The molecule has 0 bridgehead atoms. The number of carbonyl (C=O) groups excluding carboxylic acids is 1. The van der Waals surface area contributed by atoms with Crippen molar-refractivity contribution in [3.8, 4) is 0 Å². The fourth-order valence-corrected chi connectivity index (χ4v) is 3.69. The topological polar surface area (TPSA) is 75.3 Å². The molecule has 27 heavy (non-hydrogen) atoms. The second kappa shape index (κ2) is 8.67. The number of benzene rings is 2. The molecule has 1 atom stereocenters. The molecule has 0 aromatic heterocycles. The number of hydrogen-bond acceptors (Lipinski definition) is 3. The summed E-state index contributed by atoms with van der Waals surface area (Å²) in [7, 11) is -3.63. The van der Waals surface area contributed by atoms with E-state index in [1.54, 1.807) is 12.1 Å². The van der Waals surface area contributed by atoms with Gasteiger partial charge in [0.1, 0.15) is 0 Å². The van der Waals surface area contributed by atoms with Crippen LogP contribution < -0.4 is 10.0 Å². The third kappa shape index (κ3) is 6.19. The Labute approximate surface area is 162 Å². The lowest BCUT2D eigenvalue weighted by Gasteiger charge is -2.19. The van der Waals surface area contributed by atoms with Crippen molar-refractivity contribution in [1.29, 1.82) is 0 Å². The van der Waals surface area contributed by atoms with Gasteiger partial charge in [-0.3, -0.25) is 4.79 Å². The van der Waals surface area contributed by atoms with Gasteiger partial charge in [0, 0.05) is 13.0 Å². The summed E-state index contributed by atoms with van der Waals surface area (Å²) < 4.78 is 27.2. The molecular formula is C21H28N2O3S. The lowest BCUT2D eigenvalue weighted by Crippen LogP contribution is -2.32.